The van der Waals surface area contributed by atoms with Crippen LogP contribution in [0.15, 0.2) is 18.5 Å². The van der Waals surface area contributed by atoms with Crippen LogP contribution in [-0.2, 0) is 0 Å². The lowest BCUT2D eigenvalue weighted by molar-refractivity contribution is 0.831. The van der Waals surface area contributed by atoms with E-state index in [1.54, 1.807) is 24.2 Å². The Hall–Kier alpha value is -1.10. The lowest BCUT2D eigenvalue weighted by Gasteiger charge is -2.21. The molecular formula is C8H10N4S. The van der Waals surface area contributed by atoms with E-state index in [9.17, 15) is 0 Å². The fourth-order valence-corrected chi connectivity index (χ4v) is 2.31. The number of nitrogens with one attached hydrogen (secondary N) is 1. The Morgan fingerprint density at radius 2 is 2.46 bits per heavy atom. The topological polar surface area (TPSA) is 52.9 Å². The summed E-state index contributed by atoms with van der Waals surface area (Å²) in [7, 11) is 0. The van der Waals surface area contributed by atoms with Crippen molar-refractivity contribution in [3.63, 3.8) is 0 Å². The van der Waals surface area contributed by atoms with Gasteiger partial charge >= 0.3 is 0 Å². The minimum atomic E-state index is 0.377. The smallest absolute Gasteiger partial charge is 0.161 e. The zero-order valence-electron chi connectivity index (χ0n) is 7.27. The summed E-state index contributed by atoms with van der Waals surface area (Å²) < 4.78 is 0. The van der Waals surface area contributed by atoms with E-state index in [1.807, 2.05) is 11.0 Å². The second kappa shape index (κ2) is 3.33. The van der Waals surface area contributed by atoms with Crippen molar-refractivity contribution in [1.29, 1.82) is 5.41 Å². The van der Waals surface area contributed by atoms with Crippen LogP contribution in [0.4, 0.5) is 5.69 Å². The van der Waals surface area contributed by atoms with Gasteiger partial charge in [0.25, 0.3) is 0 Å². The molecule has 1 aliphatic rings. The number of anilines is 1. The van der Waals surface area contributed by atoms with Crippen molar-refractivity contribution in [2.45, 2.75) is 13.0 Å². The Bertz CT molecular complexity index is 313. The highest BCUT2D eigenvalue weighted by molar-refractivity contribution is 8.14. The molecule has 4 nitrogen and oxygen atoms in total. The fourth-order valence-electron chi connectivity index (χ4n) is 1.34. The monoisotopic (exact) mass is 194 g/mol. The molecule has 0 aromatic carbocycles. The maximum Gasteiger partial charge on any atom is 0.161 e. The fraction of sp³-hybridized carbons (Fsp3) is 0.375. The normalized spacial score (nSPS) is 22.4. The first-order valence-corrected chi connectivity index (χ1v) is 5.05. The molecule has 1 saturated heterocycles. The third kappa shape index (κ3) is 1.51. The number of nitrogens with zero attached hydrogens (tertiary/aromatic N) is 3. The predicted octanol–water partition coefficient (Wildman–Crippen LogP) is 1.35. The van der Waals surface area contributed by atoms with Crippen LogP contribution in [-0.4, -0.2) is 27.2 Å². The summed E-state index contributed by atoms with van der Waals surface area (Å²) in [6.07, 6.45) is 3.34. The van der Waals surface area contributed by atoms with E-state index in [0.29, 0.717) is 11.2 Å². The third-order valence-corrected chi connectivity index (χ3v) is 3.09. The molecule has 0 saturated carbocycles. The van der Waals surface area contributed by atoms with Crippen LogP contribution >= 0.6 is 11.8 Å². The summed E-state index contributed by atoms with van der Waals surface area (Å²) in [6.45, 7) is 2.11. The second-order valence-corrected chi connectivity index (χ2v) is 3.94. The molecule has 1 unspecified atom stereocenters. The third-order valence-electron chi connectivity index (χ3n) is 1.97. The average Bonchev–Trinajstić information content (AvgIpc) is 2.48. The van der Waals surface area contributed by atoms with Gasteiger partial charge in [0.2, 0.25) is 0 Å². The summed E-state index contributed by atoms with van der Waals surface area (Å²) in [4.78, 5) is 1.97. The Morgan fingerprint density at radius 3 is 3.00 bits per heavy atom. The zero-order chi connectivity index (χ0) is 9.26. The van der Waals surface area contributed by atoms with Gasteiger partial charge in [-0.1, -0.05) is 11.8 Å². The van der Waals surface area contributed by atoms with Crippen LogP contribution in [0.5, 0.6) is 0 Å². The van der Waals surface area contributed by atoms with Crippen molar-refractivity contribution in [3.8, 4) is 0 Å². The minimum Gasteiger partial charge on any atom is -0.316 e. The highest BCUT2D eigenvalue weighted by atomic mass is 32.2. The van der Waals surface area contributed by atoms with Crippen LogP contribution in [0.1, 0.15) is 6.92 Å². The van der Waals surface area contributed by atoms with Crippen molar-refractivity contribution < 1.29 is 0 Å². The van der Waals surface area contributed by atoms with Crippen molar-refractivity contribution in [1.82, 2.24) is 10.2 Å². The summed E-state index contributed by atoms with van der Waals surface area (Å²) >= 11 is 1.57. The van der Waals surface area contributed by atoms with Crippen LogP contribution in [0, 0.1) is 5.41 Å². The molecule has 1 aromatic rings. The Morgan fingerprint density at radius 1 is 1.62 bits per heavy atom. The van der Waals surface area contributed by atoms with Crippen molar-refractivity contribution in [2.24, 2.45) is 0 Å². The minimum absolute atomic E-state index is 0.377. The van der Waals surface area contributed by atoms with Crippen LogP contribution in [0.3, 0.4) is 0 Å². The zero-order valence-corrected chi connectivity index (χ0v) is 8.08. The Kier molecular flexibility index (Phi) is 2.18. The summed E-state index contributed by atoms with van der Waals surface area (Å²) in [5.41, 5.74) is 0.956. The predicted molar refractivity (Wildman–Crippen MR) is 54.2 cm³/mol. The first-order valence-electron chi connectivity index (χ1n) is 4.06. The van der Waals surface area contributed by atoms with Gasteiger partial charge in [0.15, 0.2) is 5.17 Å². The summed E-state index contributed by atoms with van der Waals surface area (Å²) in [5.74, 6) is 0.973. The van der Waals surface area contributed by atoms with Crippen LogP contribution < -0.4 is 4.90 Å². The first kappa shape index (κ1) is 8.50. The molecule has 1 atom stereocenters. The average molecular weight is 194 g/mol. The molecule has 0 amide bonds. The van der Waals surface area contributed by atoms with E-state index in [4.69, 9.17) is 5.41 Å². The molecule has 5 heteroatoms. The van der Waals surface area contributed by atoms with Gasteiger partial charge in [-0.3, -0.25) is 5.41 Å². The maximum atomic E-state index is 7.71. The molecule has 1 N–H and O–H groups in total. The van der Waals surface area contributed by atoms with Crippen molar-refractivity contribution in [2.75, 3.05) is 10.7 Å². The second-order valence-electron chi connectivity index (χ2n) is 2.94. The molecular weight excluding hydrogens is 184 g/mol. The summed E-state index contributed by atoms with van der Waals surface area (Å²) in [6, 6.07) is 2.26. The molecule has 2 rings (SSSR count). The number of rotatable bonds is 1. The van der Waals surface area contributed by atoms with Gasteiger partial charge in [-0.25, -0.2) is 0 Å². The van der Waals surface area contributed by atoms with E-state index in [1.165, 1.54) is 0 Å². The highest BCUT2D eigenvalue weighted by Gasteiger charge is 2.26. The highest BCUT2D eigenvalue weighted by Crippen LogP contribution is 2.27. The Balaban J connectivity index is 2.30. The maximum absolute atomic E-state index is 7.71. The summed E-state index contributed by atoms with van der Waals surface area (Å²) in [5, 5.41) is 15.8. The molecule has 0 aliphatic carbocycles. The van der Waals surface area contributed by atoms with E-state index in [2.05, 4.69) is 17.1 Å². The van der Waals surface area contributed by atoms with Gasteiger partial charge in [0.05, 0.1) is 18.1 Å². The number of amidine groups is 1. The molecule has 1 aromatic heterocycles. The number of thioether (sulfide) groups is 1. The van der Waals surface area contributed by atoms with Gasteiger partial charge in [0.1, 0.15) is 0 Å². The van der Waals surface area contributed by atoms with Crippen LogP contribution in [0.25, 0.3) is 0 Å². The van der Waals surface area contributed by atoms with Crippen molar-refractivity contribution >= 4 is 22.6 Å². The first-order chi connectivity index (χ1) is 6.29. The molecule has 1 fully saturated rings. The molecule has 2 heterocycles. The Labute approximate surface area is 80.9 Å². The van der Waals surface area contributed by atoms with E-state index >= 15 is 0 Å². The molecule has 13 heavy (non-hydrogen) atoms. The lowest BCUT2D eigenvalue weighted by Crippen LogP contribution is -2.30. The van der Waals surface area contributed by atoms with Gasteiger partial charge in [-0.15, -0.1) is 0 Å². The van der Waals surface area contributed by atoms with Gasteiger partial charge in [0, 0.05) is 11.8 Å². The molecule has 0 radical (unpaired) electrons. The van der Waals surface area contributed by atoms with Gasteiger partial charge < -0.3 is 4.90 Å². The number of aromatic nitrogens is 2. The SMILES string of the molecule is CC1CSC(=N)N1c1ccnnc1. The lowest BCUT2D eigenvalue weighted by atomic mass is 10.3. The van der Waals surface area contributed by atoms with Gasteiger partial charge in [-0.2, -0.15) is 10.2 Å². The molecule has 68 valence electrons. The number of hydrogen-bond donors (Lipinski definition) is 1. The van der Waals surface area contributed by atoms with E-state index in [0.717, 1.165) is 11.4 Å². The van der Waals surface area contributed by atoms with Gasteiger partial charge in [-0.05, 0) is 13.0 Å². The standard InChI is InChI=1S/C8H10N4S/c1-6-5-13-8(9)12(6)7-2-3-10-11-4-7/h2-4,6,9H,5H2,1H3. The van der Waals surface area contributed by atoms with Crippen LogP contribution in [0.2, 0.25) is 0 Å². The quantitative estimate of drug-likeness (QED) is 0.733. The molecule has 0 bridgehead atoms. The largest absolute Gasteiger partial charge is 0.316 e. The van der Waals surface area contributed by atoms with Crippen molar-refractivity contribution in [3.05, 3.63) is 18.5 Å². The van der Waals surface area contributed by atoms with E-state index in [-0.39, 0.29) is 0 Å². The number of hydrogen-bond acceptors (Lipinski definition) is 4. The molecule has 0 spiro atoms. The molecule has 1 aliphatic heterocycles. The van der Waals surface area contributed by atoms with E-state index < -0.39 is 0 Å².